The quantitative estimate of drug-likeness (QED) is 0.774. The summed E-state index contributed by atoms with van der Waals surface area (Å²) in [5, 5.41) is 7.30. The molecule has 1 unspecified atom stereocenters. The van der Waals surface area contributed by atoms with Crippen molar-refractivity contribution >= 4 is 11.9 Å². The van der Waals surface area contributed by atoms with Crippen molar-refractivity contribution in [3.05, 3.63) is 46.8 Å². The Kier molecular flexibility index (Phi) is 5.22. The number of aromatic nitrogens is 3. The van der Waals surface area contributed by atoms with E-state index >= 15 is 0 Å². The Morgan fingerprint density at radius 1 is 1.17 bits per heavy atom. The number of nitrogens with zero attached hydrogens (tertiary/aromatic N) is 3. The molecule has 1 atom stereocenters. The third-order valence-electron chi connectivity index (χ3n) is 3.43. The molecule has 128 valence electrons. The van der Waals surface area contributed by atoms with Crippen molar-refractivity contribution in [3.63, 3.8) is 0 Å². The van der Waals surface area contributed by atoms with Gasteiger partial charge in [0.05, 0.1) is 20.8 Å². The van der Waals surface area contributed by atoms with E-state index in [1.165, 1.54) is 6.07 Å². The summed E-state index contributed by atoms with van der Waals surface area (Å²) in [6.07, 6.45) is 0. The monoisotopic (exact) mass is 339 g/mol. The number of rotatable bonds is 5. The Morgan fingerprint density at radius 3 is 2.29 bits per heavy atom. The Labute approximate surface area is 136 Å². The third kappa shape index (κ3) is 3.24. The second-order valence-electron chi connectivity index (χ2n) is 4.99. The number of hydrogen-bond donors (Lipinski definition) is 0. The summed E-state index contributed by atoms with van der Waals surface area (Å²) in [5.74, 6) is -3.83. The molecule has 0 amide bonds. The largest absolute Gasteiger partial charge is 0.464 e. The number of carbonyl (C=O) groups is 2. The van der Waals surface area contributed by atoms with Gasteiger partial charge in [-0.05, 0) is 12.1 Å². The SMILES string of the molecule is COC(=O)c1nnn(CC(C)c2c(F)cccc2F)c1C(=O)OC. The maximum Gasteiger partial charge on any atom is 0.361 e. The standard InChI is InChI=1S/C15H15F2N3O4/c1-8(11-9(16)5-4-6-10(11)17)7-20-13(15(22)24-3)12(18-19-20)14(21)23-2/h4-6,8H,7H2,1-3H3. The second-order valence-corrected chi connectivity index (χ2v) is 4.99. The van der Waals surface area contributed by atoms with E-state index in [1.54, 1.807) is 6.92 Å². The van der Waals surface area contributed by atoms with Gasteiger partial charge in [0.15, 0.2) is 5.69 Å². The Morgan fingerprint density at radius 2 is 1.75 bits per heavy atom. The fourth-order valence-corrected chi connectivity index (χ4v) is 2.31. The molecule has 1 aromatic heterocycles. The van der Waals surface area contributed by atoms with E-state index in [-0.39, 0.29) is 23.5 Å². The molecule has 2 aromatic rings. The van der Waals surface area contributed by atoms with Gasteiger partial charge in [-0.15, -0.1) is 5.10 Å². The minimum Gasteiger partial charge on any atom is -0.464 e. The number of methoxy groups -OCH3 is 2. The van der Waals surface area contributed by atoms with Crippen molar-refractivity contribution < 1.29 is 27.8 Å². The molecule has 0 saturated carbocycles. The summed E-state index contributed by atoms with van der Waals surface area (Å²) in [6.45, 7) is 1.47. The Bertz CT molecular complexity index is 756. The van der Waals surface area contributed by atoms with Gasteiger partial charge >= 0.3 is 11.9 Å². The van der Waals surface area contributed by atoms with Gasteiger partial charge in [-0.25, -0.2) is 23.1 Å². The fraction of sp³-hybridized carbons (Fsp3) is 0.333. The van der Waals surface area contributed by atoms with Crippen LogP contribution in [0.25, 0.3) is 0 Å². The van der Waals surface area contributed by atoms with Crippen molar-refractivity contribution in [1.82, 2.24) is 15.0 Å². The van der Waals surface area contributed by atoms with Gasteiger partial charge in [0.2, 0.25) is 5.69 Å². The molecule has 9 heteroatoms. The lowest BCUT2D eigenvalue weighted by Gasteiger charge is -2.14. The van der Waals surface area contributed by atoms with Crippen LogP contribution in [-0.4, -0.2) is 41.2 Å². The van der Waals surface area contributed by atoms with E-state index in [9.17, 15) is 18.4 Å². The first-order valence-corrected chi connectivity index (χ1v) is 6.94. The highest BCUT2D eigenvalue weighted by Gasteiger charge is 2.28. The lowest BCUT2D eigenvalue weighted by Crippen LogP contribution is -2.19. The minimum atomic E-state index is -0.869. The van der Waals surface area contributed by atoms with E-state index < -0.39 is 29.5 Å². The van der Waals surface area contributed by atoms with Crippen LogP contribution in [0.5, 0.6) is 0 Å². The summed E-state index contributed by atoms with van der Waals surface area (Å²) >= 11 is 0. The van der Waals surface area contributed by atoms with Gasteiger partial charge in [-0.3, -0.25) is 0 Å². The smallest absolute Gasteiger partial charge is 0.361 e. The van der Waals surface area contributed by atoms with E-state index in [2.05, 4.69) is 19.8 Å². The molecule has 0 aliphatic heterocycles. The number of benzene rings is 1. The molecule has 24 heavy (non-hydrogen) atoms. The topological polar surface area (TPSA) is 83.3 Å². The summed E-state index contributed by atoms with van der Waals surface area (Å²) in [4.78, 5) is 23.6. The second kappa shape index (κ2) is 7.16. The van der Waals surface area contributed by atoms with E-state index in [4.69, 9.17) is 0 Å². The maximum atomic E-state index is 13.9. The summed E-state index contributed by atoms with van der Waals surface area (Å²) in [6, 6.07) is 3.53. The molecular weight excluding hydrogens is 324 g/mol. The van der Waals surface area contributed by atoms with Gasteiger partial charge in [0, 0.05) is 11.5 Å². The molecule has 1 aromatic carbocycles. The van der Waals surface area contributed by atoms with Crippen LogP contribution in [0.1, 0.15) is 39.4 Å². The predicted octanol–water partition coefficient (Wildman–Crippen LogP) is 1.93. The van der Waals surface area contributed by atoms with Gasteiger partial charge < -0.3 is 9.47 Å². The first kappa shape index (κ1) is 17.5. The lowest BCUT2D eigenvalue weighted by molar-refractivity contribution is 0.0543. The zero-order chi connectivity index (χ0) is 17.9. The molecule has 0 radical (unpaired) electrons. The maximum absolute atomic E-state index is 13.9. The number of carbonyl (C=O) groups excluding carboxylic acids is 2. The summed E-state index contributed by atoms with van der Waals surface area (Å²) in [5.41, 5.74) is -0.720. The van der Waals surface area contributed by atoms with Gasteiger partial charge in [-0.1, -0.05) is 18.2 Å². The molecule has 0 N–H and O–H groups in total. The summed E-state index contributed by atoms with van der Waals surface area (Å²) < 4.78 is 37.9. The molecule has 2 rings (SSSR count). The molecule has 0 aliphatic rings. The zero-order valence-electron chi connectivity index (χ0n) is 13.2. The minimum absolute atomic E-state index is 0.0910. The van der Waals surface area contributed by atoms with E-state index in [0.717, 1.165) is 31.0 Å². The molecule has 0 saturated heterocycles. The molecule has 0 bridgehead atoms. The van der Waals surface area contributed by atoms with Crippen LogP contribution in [0.3, 0.4) is 0 Å². The highest BCUT2D eigenvalue weighted by molar-refractivity contribution is 6.00. The third-order valence-corrected chi connectivity index (χ3v) is 3.43. The number of esters is 2. The number of halogens is 2. The lowest BCUT2D eigenvalue weighted by atomic mass is 10.00. The average Bonchev–Trinajstić information content (AvgIpc) is 2.96. The highest BCUT2D eigenvalue weighted by atomic mass is 19.1. The molecule has 0 spiro atoms. The zero-order valence-corrected chi connectivity index (χ0v) is 13.2. The normalized spacial score (nSPS) is 11.9. The molecule has 0 fully saturated rings. The highest BCUT2D eigenvalue weighted by Crippen LogP contribution is 2.24. The molecule has 7 nitrogen and oxygen atoms in total. The average molecular weight is 339 g/mol. The Hall–Kier alpha value is -2.84. The Balaban J connectivity index is 2.41. The van der Waals surface area contributed by atoms with Gasteiger partial charge in [0.1, 0.15) is 11.6 Å². The van der Waals surface area contributed by atoms with Crippen molar-refractivity contribution in [2.45, 2.75) is 19.4 Å². The van der Waals surface area contributed by atoms with Crippen LogP contribution in [0.15, 0.2) is 18.2 Å². The van der Waals surface area contributed by atoms with Crippen molar-refractivity contribution in [3.8, 4) is 0 Å². The van der Waals surface area contributed by atoms with Crippen LogP contribution in [0.2, 0.25) is 0 Å². The van der Waals surface area contributed by atoms with Crippen molar-refractivity contribution in [1.29, 1.82) is 0 Å². The predicted molar refractivity (Wildman–Crippen MR) is 77.5 cm³/mol. The van der Waals surface area contributed by atoms with Crippen LogP contribution in [0.4, 0.5) is 8.78 Å². The summed E-state index contributed by atoms with van der Waals surface area (Å²) in [7, 11) is 2.25. The van der Waals surface area contributed by atoms with Crippen LogP contribution in [-0.2, 0) is 16.0 Å². The number of ether oxygens (including phenoxy) is 2. The van der Waals surface area contributed by atoms with Crippen LogP contribution in [0, 0.1) is 11.6 Å². The molecule has 1 heterocycles. The number of hydrogen-bond acceptors (Lipinski definition) is 6. The van der Waals surface area contributed by atoms with Crippen molar-refractivity contribution in [2.24, 2.45) is 0 Å². The molecule has 0 aliphatic carbocycles. The first-order valence-electron chi connectivity index (χ1n) is 6.94. The van der Waals surface area contributed by atoms with E-state index in [0.29, 0.717) is 0 Å². The van der Waals surface area contributed by atoms with Crippen LogP contribution >= 0.6 is 0 Å². The van der Waals surface area contributed by atoms with Crippen molar-refractivity contribution in [2.75, 3.05) is 14.2 Å². The first-order chi connectivity index (χ1) is 11.4. The fourth-order valence-electron chi connectivity index (χ4n) is 2.31. The van der Waals surface area contributed by atoms with Crippen LogP contribution < -0.4 is 0 Å². The van der Waals surface area contributed by atoms with E-state index in [1.807, 2.05) is 0 Å². The van der Waals surface area contributed by atoms with Gasteiger partial charge in [0.25, 0.3) is 0 Å². The van der Waals surface area contributed by atoms with Gasteiger partial charge in [-0.2, -0.15) is 0 Å². The molecular formula is C15H15F2N3O4.